The molecular weight excluding hydrogens is 284 g/mol. The Bertz CT molecular complexity index is 662. The molecule has 2 aromatic carbocycles. The van der Waals surface area contributed by atoms with Crippen LogP contribution in [0.5, 0.6) is 17.2 Å². The molecule has 0 aromatic heterocycles. The molecule has 2 rings (SSSR count). The van der Waals surface area contributed by atoms with Crippen molar-refractivity contribution in [3.63, 3.8) is 0 Å². The maximum Gasteiger partial charge on any atom is 0.168 e. The summed E-state index contributed by atoms with van der Waals surface area (Å²) < 4.78 is 36.9. The molecule has 0 spiro atoms. The van der Waals surface area contributed by atoms with Crippen LogP contribution in [-0.4, -0.2) is 12.1 Å². The fourth-order valence-corrected chi connectivity index (χ4v) is 1.76. The minimum Gasteiger partial charge on any atom is -0.497 e. The van der Waals surface area contributed by atoms with E-state index in [9.17, 15) is 8.78 Å². The Morgan fingerprint density at radius 3 is 2.45 bits per heavy atom. The summed E-state index contributed by atoms with van der Waals surface area (Å²) in [6.07, 6.45) is 0. The zero-order valence-corrected chi connectivity index (χ0v) is 11.3. The quantitative estimate of drug-likeness (QED) is 0.878. The Labute approximate surface area is 119 Å². The zero-order valence-electron chi connectivity index (χ0n) is 10.5. The molecule has 0 heterocycles. The van der Waals surface area contributed by atoms with Gasteiger partial charge < -0.3 is 15.2 Å². The third-order valence-corrected chi connectivity index (χ3v) is 2.79. The highest BCUT2D eigenvalue weighted by Gasteiger charge is 2.12. The third-order valence-electron chi connectivity index (χ3n) is 2.57. The molecule has 2 N–H and O–H groups in total. The van der Waals surface area contributed by atoms with E-state index in [1.807, 2.05) is 0 Å². The van der Waals surface area contributed by atoms with Crippen molar-refractivity contribution in [3.05, 3.63) is 53.6 Å². The van der Waals surface area contributed by atoms with E-state index < -0.39 is 11.6 Å². The van der Waals surface area contributed by atoms with Crippen LogP contribution in [0.2, 0.25) is 0 Å². The Kier molecular flexibility index (Phi) is 4.14. The van der Waals surface area contributed by atoms with Crippen LogP contribution in [0.15, 0.2) is 36.4 Å². The van der Waals surface area contributed by atoms with Crippen LogP contribution in [0.4, 0.5) is 8.78 Å². The highest BCUT2D eigenvalue weighted by molar-refractivity contribution is 7.80. The molecule has 0 aliphatic rings. The number of nitrogens with two attached hydrogens (primary N) is 1. The highest BCUT2D eigenvalue weighted by atomic mass is 32.1. The van der Waals surface area contributed by atoms with Gasteiger partial charge in [-0.05, 0) is 24.3 Å². The van der Waals surface area contributed by atoms with E-state index in [4.69, 9.17) is 27.4 Å². The molecule has 104 valence electrons. The topological polar surface area (TPSA) is 44.5 Å². The second-order valence-electron chi connectivity index (χ2n) is 3.90. The molecule has 0 aliphatic carbocycles. The van der Waals surface area contributed by atoms with E-state index >= 15 is 0 Å². The summed E-state index contributed by atoms with van der Waals surface area (Å²) in [7, 11) is 1.48. The van der Waals surface area contributed by atoms with E-state index in [2.05, 4.69) is 0 Å². The molecule has 2 aromatic rings. The van der Waals surface area contributed by atoms with Crippen LogP contribution >= 0.6 is 12.2 Å². The minimum absolute atomic E-state index is 0.102. The second-order valence-corrected chi connectivity index (χ2v) is 4.34. The molecule has 6 heteroatoms. The molecule has 0 unspecified atom stereocenters. The first-order chi connectivity index (χ1) is 9.51. The van der Waals surface area contributed by atoms with Crippen LogP contribution in [0, 0.1) is 11.6 Å². The van der Waals surface area contributed by atoms with Crippen molar-refractivity contribution in [1.82, 2.24) is 0 Å². The number of ether oxygens (including phenoxy) is 2. The molecule has 0 bridgehead atoms. The first kappa shape index (κ1) is 14.2. The van der Waals surface area contributed by atoms with Gasteiger partial charge in [0.15, 0.2) is 11.6 Å². The summed E-state index contributed by atoms with van der Waals surface area (Å²) >= 11 is 4.90. The predicted molar refractivity (Wildman–Crippen MR) is 75.3 cm³/mol. The van der Waals surface area contributed by atoms with E-state index in [0.717, 1.165) is 12.1 Å². The zero-order chi connectivity index (χ0) is 14.7. The van der Waals surface area contributed by atoms with Gasteiger partial charge in [-0.25, -0.2) is 8.78 Å². The maximum absolute atomic E-state index is 13.6. The number of thiocarbonyl (C=S) groups is 1. The fraction of sp³-hybridized carbons (Fsp3) is 0.0714. The molecule has 0 radical (unpaired) electrons. The number of hydrogen-bond donors (Lipinski definition) is 1. The van der Waals surface area contributed by atoms with Crippen LogP contribution in [0.3, 0.4) is 0 Å². The van der Waals surface area contributed by atoms with Gasteiger partial charge in [0.1, 0.15) is 22.3 Å². The summed E-state index contributed by atoms with van der Waals surface area (Å²) in [6, 6.07) is 7.81. The van der Waals surface area contributed by atoms with Crippen molar-refractivity contribution in [2.24, 2.45) is 5.73 Å². The van der Waals surface area contributed by atoms with Crippen LogP contribution in [0.1, 0.15) is 5.56 Å². The Morgan fingerprint density at radius 1 is 1.10 bits per heavy atom. The van der Waals surface area contributed by atoms with E-state index in [1.54, 1.807) is 12.1 Å². The predicted octanol–water partition coefficient (Wildman–Crippen LogP) is 3.40. The van der Waals surface area contributed by atoms with Gasteiger partial charge in [0, 0.05) is 12.1 Å². The summed E-state index contributed by atoms with van der Waals surface area (Å²) in [5.41, 5.74) is 6.01. The molecule has 3 nitrogen and oxygen atoms in total. The summed E-state index contributed by atoms with van der Waals surface area (Å²) in [6.45, 7) is 0. The van der Waals surface area contributed by atoms with Gasteiger partial charge >= 0.3 is 0 Å². The van der Waals surface area contributed by atoms with E-state index in [0.29, 0.717) is 11.3 Å². The van der Waals surface area contributed by atoms with E-state index in [1.165, 1.54) is 19.2 Å². The number of halogens is 2. The Balaban J connectivity index is 2.43. The lowest BCUT2D eigenvalue weighted by atomic mass is 10.2. The SMILES string of the molecule is COc1ccc(C(N)=S)c(Oc2ccc(F)cc2F)c1. The van der Waals surface area contributed by atoms with Gasteiger partial charge in [-0.2, -0.15) is 0 Å². The lowest BCUT2D eigenvalue weighted by molar-refractivity contribution is 0.404. The molecule has 20 heavy (non-hydrogen) atoms. The number of hydrogen-bond acceptors (Lipinski definition) is 3. The fourth-order valence-electron chi connectivity index (χ4n) is 1.59. The van der Waals surface area contributed by atoms with Crippen LogP contribution < -0.4 is 15.2 Å². The van der Waals surface area contributed by atoms with Crippen molar-refractivity contribution in [2.75, 3.05) is 7.11 Å². The molecule has 0 saturated heterocycles. The molecule has 0 atom stereocenters. The highest BCUT2D eigenvalue weighted by Crippen LogP contribution is 2.31. The van der Waals surface area contributed by atoms with Gasteiger partial charge in [-0.3, -0.25) is 0 Å². The number of rotatable bonds is 4. The maximum atomic E-state index is 13.6. The van der Waals surface area contributed by atoms with Gasteiger partial charge in [-0.15, -0.1) is 0 Å². The van der Waals surface area contributed by atoms with Crippen LogP contribution in [0.25, 0.3) is 0 Å². The normalized spacial score (nSPS) is 10.2. The summed E-state index contributed by atoms with van der Waals surface area (Å²) in [5.74, 6) is -0.890. The van der Waals surface area contributed by atoms with Crippen molar-refractivity contribution in [1.29, 1.82) is 0 Å². The third kappa shape index (κ3) is 3.03. The Hall–Kier alpha value is -2.21. The average Bonchev–Trinajstić information content (AvgIpc) is 2.41. The smallest absolute Gasteiger partial charge is 0.168 e. The number of methoxy groups -OCH3 is 1. The molecule has 0 aliphatic heterocycles. The first-order valence-electron chi connectivity index (χ1n) is 5.62. The van der Waals surface area contributed by atoms with E-state index in [-0.39, 0.29) is 16.5 Å². The largest absolute Gasteiger partial charge is 0.497 e. The van der Waals surface area contributed by atoms with Gasteiger partial charge in [0.05, 0.1) is 12.7 Å². The molecule has 0 saturated carbocycles. The van der Waals surface area contributed by atoms with Crippen molar-refractivity contribution in [2.45, 2.75) is 0 Å². The summed E-state index contributed by atoms with van der Waals surface area (Å²) in [4.78, 5) is 0.102. The van der Waals surface area contributed by atoms with Gasteiger partial charge in [0.25, 0.3) is 0 Å². The van der Waals surface area contributed by atoms with Gasteiger partial charge in [-0.1, -0.05) is 12.2 Å². The molecule has 0 amide bonds. The molecule has 0 fully saturated rings. The second kappa shape index (κ2) is 5.83. The minimum atomic E-state index is -0.818. The van der Waals surface area contributed by atoms with Crippen molar-refractivity contribution >= 4 is 17.2 Å². The number of benzene rings is 2. The average molecular weight is 295 g/mol. The molecular formula is C14H11F2NO2S. The first-order valence-corrected chi connectivity index (χ1v) is 6.03. The monoisotopic (exact) mass is 295 g/mol. The standard InChI is InChI=1S/C14H11F2NO2S/c1-18-9-3-4-10(14(17)20)13(7-9)19-12-5-2-8(15)6-11(12)16/h2-7H,1H3,(H2,17,20). The Morgan fingerprint density at radius 2 is 1.85 bits per heavy atom. The van der Waals surface area contributed by atoms with Crippen molar-refractivity contribution < 1.29 is 18.3 Å². The van der Waals surface area contributed by atoms with Crippen LogP contribution in [-0.2, 0) is 0 Å². The van der Waals surface area contributed by atoms with Crippen molar-refractivity contribution in [3.8, 4) is 17.2 Å². The van der Waals surface area contributed by atoms with Gasteiger partial charge in [0.2, 0.25) is 0 Å². The summed E-state index contributed by atoms with van der Waals surface area (Å²) in [5, 5.41) is 0. The lowest BCUT2D eigenvalue weighted by Crippen LogP contribution is -2.11. The lowest BCUT2D eigenvalue weighted by Gasteiger charge is -2.12.